The molecule has 0 aromatic heterocycles. The fourth-order valence-electron chi connectivity index (χ4n) is 0. The Balaban J connectivity index is 2.94. The van der Waals surface area contributed by atoms with E-state index in [1.807, 2.05) is 0 Å². The molecule has 28 valence electrons. The summed E-state index contributed by atoms with van der Waals surface area (Å²) in [6, 6.07) is 1.36. The summed E-state index contributed by atoms with van der Waals surface area (Å²) in [5.41, 5.74) is 4.49. The summed E-state index contributed by atoms with van der Waals surface area (Å²) >= 11 is 0. The Morgan fingerprint density at radius 1 is 2.00 bits per heavy atom. The summed E-state index contributed by atoms with van der Waals surface area (Å²) in [5, 5.41) is 15.3. The molecule has 0 spiro atoms. The minimum absolute atomic E-state index is 1.31. The number of rotatable bonds is 0. The smallest absolute Gasteiger partial charge is 0.191 e. The minimum atomic E-state index is -1.31. The monoisotopic (exact) mass is 72.0 g/mol. The van der Waals surface area contributed by atoms with E-state index < -0.39 is 6.23 Å². The molecule has 3 N–H and O–H groups in total. The van der Waals surface area contributed by atoms with Crippen molar-refractivity contribution < 1.29 is 5.11 Å². The van der Waals surface area contributed by atoms with Gasteiger partial charge in [-0.3, -0.25) is 5.73 Å². The molecule has 0 aliphatic heterocycles. The highest BCUT2D eigenvalue weighted by atomic mass is 16.3. The van der Waals surface area contributed by atoms with Crippen LogP contribution in [-0.2, 0) is 0 Å². The second-order valence-corrected chi connectivity index (χ2v) is 0.574. The van der Waals surface area contributed by atoms with E-state index in [1.165, 1.54) is 6.07 Å². The van der Waals surface area contributed by atoms with Crippen molar-refractivity contribution in [3.8, 4) is 6.07 Å². The van der Waals surface area contributed by atoms with Crippen molar-refractivity contribution in [2.24, 2.45) is 5.73 Å². The van der Waals surface area contributed by atoms with Gasteiger partial charge in [0.25, 0.3) is 0 Å². The van der Waals surface area contributed by atoms with E-state index in [1.54, 1.807) is 0 Å². The predicted octanol–water partition coefficient (Wildman–Crippen LogP) is -1.21. The van der Waals surface area contributed by atoms with E-state index in [-0.39, 0.29) is 0 Å². The molecule has 0 saturated carbocycles. The van der Waals surface area contributed by atoms with Crippen LogP contribution in [0.5, 0.6) is 0 Å². The summed E-state index contributed by atoms with van der Waals surface area (Å²) in [6.07, 6.45) is -1.31. The van der Waals surface area contributed by atoms with Crippen molar-refractivity contribution >= 4 is 0 Å². The molecular weight excluding hydrogens is 68.0 g/mol. The molecule has 1 atom stereocenters. The van der Waals surface area contributed by atoms with Gasteiger partial charge in [0.1, 0.15) is 6.07 Å². The topological polar surface area (TPSA) is 70.0 Å². The molecular formula is C2H4N2O. The lowest BCUT2D eigenvalue weighted by Gasteiger charge is -1.78. The first-order chi connectivity index (χ1) is 2.27. The third kappa shape index (κ3) is 3.41. The number of nitrogens with two attached hydrogens (primary N) is 1. The van der Waals surface area contributed by atoms with Gasteiger partial charge in [0.2, 0.25) is 0 Å². The molecule has 0 bridgehead atoms. The van der Waals surface area contributed by atoms with Crippen LogP contribution in [0.1, 0.15) is 0 Å². The molecule has 5 heavy (non-hydrogen) atoms. The Hall–Kier alpha value is -0.590. The van der Waals surface area contributed by atoms with Crippen LogP contribution in [0.3, 0.4) is 0 Å². The van der Waals surface area contributed by atoms with Crippen LogP contribution in [0.25, 0.3) is 0 Å². The molecule has 0 amide bonds. The van der Waals surface area contributed by atoms with Gasteiger partial charge >= 0.3 is 0 Å². The third-order valence-corrected chi connectivity index (χ3v) is 0.132. The van der Waals surface area contributed by atoms with Gasteiger partial charge in [-0.15, -0.1) is 0 Å². The summed E-state index contributed by atoms with van der Waals surface area (Å²) in [6.45, 7) is 0. The van der Waals surface area contributed by atoms with Gasteiger partial charge in [0.15, 0.2) is 6.23 Å². The maximum Gasteiger partial charge on any atom is 0.191 e. The van der Waals surface area contributed by atoms with Gasteiger partial charge in [-0.1, -0.05) is 0 Å². The molecule has 0 rings (SSSR count). The molecule has 3 heteroatoms. The highest BCUT2D eigenvalue weighted by Crippen LogP contribution is 1.52. The van der Waals surface area contributed by atoms with Crippen molar-refractivity contribution in [2.45, 2.75) is 6.23 Å². The molecule has 0 aromatic rings. The van der Waals surface area contributed by atoms with E-state index in [0.29, 0.717) is 0 Å². The maximum atomic E-state index is 7.78. The normalized spacial score (nSPS) is 13.0. The molecule has 0 heterocycles. The standard InChI is InChI=1S/C2H4N2O/c3-1-2(4)5/h2,5H,4H2. The summed E-state index contributed by atoms with van der Waals surface area (Å²) in [5.74, 6) is 0. The zero-order valence-electron chi connectivity index (χ0n) is 2.55. The maximum absolute atomic E-state index is 7.78. The number of aliphatic hydroxyl groups excluding tert-OH is 1. The van der Waals surface area contributed by atoms with E-state index >= 15 is 0 Å². The first-order valence-corrected chi connectivity index (χ1v) is 1.10. The zero-order chi connectivity index (χ0) is 4.28. The van der Waals surface area contributed by atoms with E-state index in [9.17, 15) is 0 Å². The fourth-order valence-corrected chi connectivity index (χ4v) is 0. The molecule has 0 aromatic carbocycles. The van der Waals surface area contributed by atoms with Gasteiger partial charge < -0.3 is 5.11 Å². The van der Waals surface area contributed by atoms with Crippen molar-refractivity contribution in [2.75, 3.05) is 0 Å². The van der Waals surface area contributed by atoms with Crippen LogP contribution in [0, 0.1) is 11.3 Å². The van der Waals surface area contributed by atoms with Gasteiger partial charge in [-0.2, -0.15) is 5.26 Å². The Morgan fingerprint density at radius 2 is 2.20 bits per heavy atom. The third-order valence-electron chi connectivity index (χ3n) is 0.132. The van der Waals surface area contributed by atoms with Gasteiger partial charge in [-0.05, 0) is 0 Å². The average Bonchev–Trinajstić information content (AvgIpc) is 1.38. The molecule has 0 radical (unpaired) electrons. The Labute approximate surface area is 29.6 Å². The molecule has 0 aliphatic rings. The molecule has 0 aliphatic carbocycles. The predicted molar refractivity (Wildman–Crippen MR) is 15.8 cm³/mol. The Kier molecular flexibility index (Phi) is 1.50. The SMILES string of the molecule is N#CC(N)O. The largest absolute Gasteiger partial charge is 0.366 e. The van der Waals surface area contributed by atoms with Crippen LogP contribution in [-0.4, -0.2) is 11.3 Å². The van der Waals surface area contributed by atoms with Crippen molar-refractivity contribution in [3.05, 3.63) is 0 Å². The highest BCUT2D eigenvalue weighted by Gasteiger charge is 1.79. The molecule has 0 saturated heterocycles. The number of hydrogen-bond donors (Lipinski definition) is 2. The highest BCUT2D eigenvalue weighted by molar-refractivity contribution is 4.74. The number of aliphatic hydroxyl groups is 1. The second-order valence-electron chi connectivity index (χ2n) is 0.574. The summed E-state index contributed by atoms with van der Waals surface area (Å²) in [7, 11) is 0. The van der Waals surface area contributed by atoms with Crippen LogP contribution < -0.4 is 5.73 Å². The molecule has 1 unspecified atom stereocenters. The second kappa shape index (κ2) is 1.70. The van der Waals surface area contributed by atoms with Crippen LogP contribution in [0.2, 0.25) is 0 Å². The van der Waals surface area contributed by atoms with E-state index in [2.05, 4.69) is 5.73 Å². The lowest BCUT2D eigenvalue weighted by molar-refractivity contribution is 0.239. The average molecular weight is 72.1 g/mol. The van der Waals surface area contributed by atoms with Crippen molar-refractivity contribution in [1.29, 1.82) is 5.26 Å². The number of nitriles is 1. The fraction of sp³-hybridized carbons (Fsp3) is 0.500. The lowest BCUT2D eigenvalue weighted by atomic mass is 10.7. The van der Waals surface area contributed by atoms with Gasteiger partial charge in [-0.25, -0.2) is 0 Å². The molecule has 3 nitrogen and oxygen atoms in total. The van der Waals surface area contributed by atoms with Gasteiger partial charge in [0, 0.05) is 0 Å². The quantitative estimate of drug-likeness (QED) is 0.278. The number of hydrogen-bond acceptors (Lipinski definition) is 3. The summed E-state index contributed by atoms with van der Waals surface area (Å²) in [4.78, 5) is 0. The first kappa shape index (κ1) is 4.41. The zero-order valence-corrected chi connectivity index (χ0v) is 2.55. The lowest BCUT2D eigenvalue weighted by Crippen LogP contribution is -2.14. The minimum Gasteiger partial charge on any atom is -0.366 e. The van der Waals surface area contributed by atoms with E-state index in [4.69, 9.17) is 10.4 Å². The van der Waals surface area contributed by atoms with Crippen LogP contribution in [0.15, 0.2) is 0 Å². The van der Waals surface area contributed by atoms with Crippen LogP contribution in [0.4, 0.5) is 0 Å². The van der Waals surface area contributed by atoms with Crippen LogP contribution >= 0.6 is 0 Å². The van der Waals surface area contributed by atoms with E-state index in [0.717, 1.165) is 0 Å². The number of nitrogens with zero attached hydrogens (tertiary/aromatic N) is 1. The first-order valence-electron chi connectivity index (χ1n) is 1.10. The summed E-state index contributed by atoms with van der Waals surface area (Å²) < 4.78 is 0. The van der Waals surface area contributed by atoms with Crippen molar-refractivity contribution in [1.82, 2.24) is 0 Å². The van der Waals surface area contributed by atoms with Gasteiger partial charge in [0.05, 0.1) is 0 Å². The van der Waals surface area contributed by atoms with Crippen molar-refractivity contribution in [3.63, 3.8) is 0 Å². The molecule has 0 fully saturated rings. The Morgan fingerprint density at radius 3 is 2.20 bits per heavy atom. The Bertz CT molecular complexity index is 53.2.